The SMILES string of the molecule is C=C(C)C(=O)OC(C)(C)C=CC(C)(C)OC(=O)C(=C)C. The van der Waals surface area contributed by atoms with Crippen molar-refractivity contribution in [1.29, 1.82) is 0 Å². The molecule has 0 saturated heterocycles. The van der Waals surface area contributed by atoms with E-state index in [1.807, 2.05) is 0 Å². The molecule has 0 N–H and O–H groups in total. The molecular formula is C16H24O4. The van der Waals surface area contributed by atoms with E-state index in [9.17, 15) is 9.59 Å². The summed E-state index contributed by atoms with van der Waals surface area (Å²) in [6, 6.07) is 0. The fourth-order valence-corrected chi connectivity index (χ4v) is 1.12. The summed E-state index contributed by atoms with van der Waals surface area (Å²) in [6.07, 6.45) is 3.36. The van der Waals surface area contributed by atoms with E-state index in [-0.39, 0.29) is 0 Å². The van der Waals surface area contributed by atoms with E-state index < -0.39 is 23.1 Å². The van der Waals surface area contributed by atoms with Gasteiger partial charge in [-0.1, -0.05) is 13.2 Å². The first kappa shape index (κ1) is 18.2. The highest BCUT2D eigenvalue weighted by molar-refractivity contribution is 5.87. The third kappa shape index (κ3) is 6.92. The highest BCUT2D eigenvalue weighted by atomic mass is 16.6. The first-order chi connectivity index (χ1) is 8.86. The third-order valence-corrected chi connectivity index (χ3v) is 2.29. The molecular weight excluding hydrogens is 256 g/mol. The largest absolute Gasteiger partial charge is 0.452 e. The van der Waals surface area contributed by atoms with Crippen LogP contribution in [-0.2, 0) is 19.1 Å². The summed E-state index contributed by atoms with van der Waals surface area (Å²) >= 11 is 0. The quantitative estimate of drug-likeness (QED) is 0.425. The molecule has 0 fully saturated rings. The van der Waals surface area contributed by atoms with Gasteiger partial charge in [-0.2, -0.15) is 0 Å². The van der Waals surface area contributed by atoms with Crippen LogP contribution < -0.4 is 0 Å². The summed E-state index contributed by atoms with van der Waals surface area (Å²) < 4.78 is 10.5. The van der Waals surface area contributed by atoms with Gasteiger partial charge < -0.3 is 9.47 Å². The zero-order chi connectivity index (χ0) is 16.1. The standard InChI is InChI=1S/C16H24O4/c1-11(2)13(17)19-15(5,6)9-10-16(7,8)20-14(18)12(3)4/h9-10H,1,3H2,2,4-8H3. The van der Waals surface area contributed by atoms with Crippen LogP contribution in [0.5, 0.6) is 0 Å². The summed E-state index contributed by atoms with van der Waals surface area (Å²) in [7, 11) is 0. The van der Waals surface area contributed by atoms with Gasteiger partial charge in [-0.15, -0.1) is 0 Å². The summed E-state index contributed by atoms with van der Waals surface area (Å²) in [5.41, 5.74) is -0.967. The fourth-order valence-electron chi connectivity index (χ4n) is 1.12. The molecule has 4 heteroatoms. The smallest absolute Gasteiger partial charge is 0.333 e. The average molecular weight is 280 g/mol. The maximum absolute atomic E-state index is 11.5. The Balaban J connectivity index is 4.81. The number of esters is 2. The molecule has 0 rings (SSSR count). The lowest BCUT2D eigenvalue weighted by molar-refractivity contribution is -0.149. The molecule has 0 aromatic carbocycles. The van der Waals surface area contributed by atoms with E-state index in [4.69, 9.17) is 9.47 Å². The molecule has 0 atom stereocenters. The van der Waals surface area contributed by atoms with Crippen LogP contribution >= 0.6 is 0 Å². The topological polar surface area (TPSA) is 52.6 Å². The lowest BCUT2D eigenvalue weighted by Crippen LogP contribution is -2.30. The van der Waals surface area contributed by atoms with Gasteiger partial charge in [0.15, 0.2) is 0 Å². The molecule has 4 nitrogen and oxygen atoms in total. The van der Waals surface area contributed by atoms with E-state index in [1.165, 1.54) is 0 Å². The third-order valence-electron chi connectivity index (χ3n) is 2.29. The minimum absolute atomic E-state index is 0.333. The molecule has 0 radical (unpaired) electrons. The van der Waals surface area contributed by atoms with Crippen LogP contribution in [0.25, 0.3) is 0 Å². The minimum Gasteiger partial charge on any atom is -0.452 e. The van der Waals surface area contributed by atoms with Gasteiger partial charge in [-0.3, -0.25) is 0 Å². The van der Waals surface area contributed by atoms with Crippen molar-refractivity contribution in [3.8, 4) is 0 Å². The van der Waals surface area contributed by atoms with E-state index >= 15 is 0 Å². The minimum atomic E-state index is -0.817. The summed E-state index contributed by atoms with van der Waals surface area (Å²) in [5, 5.41) is 0. The Morgan fingerprint density at radius 3 is 1.25 bits per heavy atom. The summed E-state index contributed by atoms with van der Waals surface area (Å²) in [6.45, 7) is 17.2. The van der Waals surface area contributed by atoms with E-state index in [0.717, 1.165) is 0 Å². The zero-order valence-electron chi connectivity index (χ0n) is 13.2. The van der Waals surface area contributed by atoms with Gasteiger partial charge in [0.2, 0.25) is 0 Å². The molecule has 0 aliphatic carbocycles. The number of carbonyl (C=O) groups is 2. The second-order valence-corrected chi connectivity index (χ2v) is 5.88. The number of carbonyl (C=O) groups excluding carboxylic acids is 2. The van der Waals surface area contributed by atoms with Crippen molar-refractivity contribution < 1.29 is 19.1 Å². The van der Waals surface area contributed by atoms with Crippen molar-refractivity contribution in [2.24, 2.45) is 0 Å². The van der Waals surface area contributed by atoms with Gasteiger partial charge in [0, 0.05) is 11.1 Å². The number of ether oxygens (including phenoxy) is 2. The number of hydrogen-bond acceptors (Lipinski definition) is 4. The van der Waals surface area contributed by atoms with E-state index in [2.05, 4.69) is 13.2 Å². The van der Waals surface area contributed by atoms with Crippen molar-refractivity contribution in [3.05, 3.63) is 36.5 Å². The molecule has 112 valence electrons. The van der Waals surface area contributed by atoms with Gasteiger partial charge in [-0.25, -0.2) is 9.59 Å². The molecule has 0 aliphatic rings. The Morgan fingerprint density at radius 2 is 1.05 bits per heavy atom. The highest BCUT2D eigenvalue weighted by Crippen LogP contribution is 2.19. The van der Waals surface area contributed by atoms with E-state index in [1.54, 1.807) is 53.7 Å². The second-order valence-electron chi connectivity index (χ2n) is 5.88. The predicted octanol–water partition coefficient (Wildman–Crippen LogP) is 3.34. The monoisotopic (exact) mass is 280 g/mol. The van der Waals surface area contributed by atoms with Crippen LogP contribution in [0.3, 0.4) is 0 Å². The molecule has 0 saturated carbocycles. The van der Waals surface area contributed by atoms with Gasteiger partial charge >= 0.3 is 11.9 Å². The predicted molar refractivity (Wildman–Crippen MR) is 79.1 cm³/mol. The molecule has 0 unspecified atom stereocenters. The van der Waals surface area contributed by atoms with Crippen LogP contribution in [0, 0.1) is 0 Å². The normalized spacial score (nSPS) is 12.1. The van der Waals surface area contributed by atoms with Crippen LogP contribution in [0.1, 0.15) is 41.5 Å². The van der Waals surface area contributed by atoms with Gasteiger partial charge in [0.25, 0.3) is 0 Å². The number of rotatable bonds is 6. The average Bonchev–Trinajstić information content (AvgIpc) is 2.25. The zero-order valence-corrected chi connectivity index (χ0v) is 13.2. The lowest BCUT2D eigenvalue weighted by atomic mass is 10.0. The maximum Gasteiger partial charge on any atom is 0.333 e. The van der Waals surface area contributed by atoms with Crippen molar-refractivity contribution in [3.63, 3.8) is 0 Å². The van der Waals surface area contributed by atoms with Gasteiger partial charge in [0.1, 0.15) is 11.2 Å². The van der Waals surface area contributed by atoms with Crippen molar-refractivity contribution in [2.75, 3.05) is 0 Å². The molecule has 0 heterocycles. The highest BCUT2D eigenvalue weighted by Gasteiger charge is 2.24. The fraction of sp³-hybridized carbons (Fsp3) is 0.500. The Morgan fingerprint density at radius 1 is 0.800 bits per heavy atom. The molecule has 0 bridgehead atoms. The molecule has 0 aromatic rings. The molecule has 0 aromatic heterocycles. The summed E-state index contributed by atoms with van der Waals surface area (Å²) in [5.74, 6) is -0.923. The Hall–Kier alpha value is -1.84. The van der Waals surface area contributed by atoms with Crippen LogP contribution in [-0.4, -0.2) is 23.1 Å². The summed E-state index contributed by atoms with van der Waals surface area (Å²) in [4.78, 5) is 23.0. The first-order valence-electron chi connectivity index (χ1n) is 6.34. The van der Waals surface area contributed by atoms with Crippen molar-refractivity contribution in [2.45, 2.75) is 52.7 Å². The Kier molecular flexibility index (Phi) is 5.95. The maximum atomic E-state index is 11.5. The lowest BCUT2D eigenvalue weighted by Gasteiger charge is -2.25. The van der Waals surface area contributed by atoms with Gasteiger partial charge in [-0.05, 0) is 53.7 Å². The van der Waals surface area contributed by atoms with Crippen molar-refractivity contribution >= 4 is 11.9 Å². The van der Waals surface area contributed by atoms with E-state index in [0.29, 0.717) is 11.1 Å². The Labute approximate surface area is 121 Å². The van der Waals surface area contributed by atoms with Crippen LogP contribution in [0.15, 0.2) is 36.5 Å². The van der Waals surface area contributed by atoms with Crippen LogP contribution in [0.4, 0.5) is 0 Å². The molecule has 0 amide bonds. The first-order valence-corrected chi connectivity index (χ1v) is 6.34. The Bertz CT molecular complexity index is 411. The van der Waals surface area contributed by atoms with Crippen LogP contribution in [0.2, 0.25) is 0 Å². The second kappa shape index (κ2) is 6.55. The molecule has 0 spiro atoms. The molecule has 0 aliphatic heterocycles. The number of hydrogen-bond donors (Lipinski definition) is 0. The molecule has 20 heavy (non-hydrogen) atoms. The van der Waals surface area contributed by atoms with Gasteiger partial charge in [0.05, 0.1) is 0 Å². The van der Waals surface area contributed by atoms with Crippen molar-refractivity contribution in [1.82, 2.24) is 0 Å².